The lowest BCUT2D eigenvalue weighted by Crippen LogP contribution is -2.19. The third-order valence-corrected chi connectivity index (χ3v) is 6.52. The molecule has 33 heavy (non-hydrogen) atoms. The number of carbonyl (C=O) groups excluding carboxylic acids is 1. The first-order valence-electron chi connectivity index (χ1n) is 9.71. The van der Waals surface area contributed by atoms with Gasteiger partial charge in [-0.2, -0.15) is 0 Å². The molecule has 3 aromatic carbocycles. The zero-order valence-electron chi connectivity index (χ0n) is 17.3. The second-order valence-electron chi connectivity index (χ2n) is 6.91. The largest absolute Gasteiger partial charge is 0.493 e. The van der Waals surface area contributed by atoms with Gasteiger partial charge in [0.1, 0.15) is 6.61 Å². The second-order valence-corrected chi connectivity index (χ2v) is 9.67. The fraction of sp³-hybridized carbons (Fsp3) is 0.0833. The first kappa shape index (κ1) is 23.7. The Morgan fingerprint density at radius 1 is 1.09 bits per heavy atom. The van der Waals surface area contributed by atoms with Crippen molar-refractivity contribution >= 4 is 73.7 Å². The number of ether oxygens (including phenoxy) is 2. The van der Waals surface area contributed by atoms with Gasteiger partial charge in [-0.15, -0.1) is 0 Å². The normalized spacial score (nSPS) is 15.7. The molecule has 1 aliphatic rings. The van der Waals surface area contributed by atoms with Gasteiger partial charge in [-0.25, -0.2) is 4.99 Å². The van der Waals surface area contributed by atoms with Gasteiger partial charge in [-0.1, -0.05) is 35.3 Å². The summed E-state index contributed by atoms with van der Waals surface area (Å²) in [5.41, 5.74) is 2.42. The summed E-state index contributed by atoms with van der Waals surface area (Å²) in [6, 6.07) is 18.2. The van der Waals surface area contributed by atoms with Gasteiger partial charge in [0.25, 0.3) is 5.91 Å². The minimum absolute atomic E-state index is 0.218. The summed E-state index contributed by atoms with van der Waals surface area (Å²) in [4.78, 5) is 17.4. The molecule has 1 N–H and O–H groups in total. The van der Waals surface area contributed by atoms with Crippen LogP contribution in [0.1, 0.15) is 11.1 Å². The third-order valence-electron chi connectivity index (χ3n) is 4.53. The fourth-order valence-electron chi connectivity index (χ4n) is 3.01. The number of halogens is 3. The summed E-state index contributed by atoms with van der Waals surface area (Å²) in [5, 5.41) is 4.56. The van der Waals surface area contributed by atoms with E-state index in [1.54, 1.807) is 37.5 Å². The summed E-state index contributed by atoms with van der Waals surface area (Å²) < 4.78 is 12.2. The lowest BCUT2D eigenvalue weighted by atomic mass is 10.2. The monoisotopic (exact) mass is 562 g/mol. The SMILES string of the molecule is COc1cc(/C=C2\SC(=Nc3ccc(Cl)cc3)NC2=O)cc(Br)c1OCc1cccc(Cl)c1. The first-order chi connectivity index (χ1) is 15.9. The van der Waals surface area contributed by atoms with Gasteiger partial charge in [0.05, 0.1) is 22.2 Å². The zero-order chi connectivity index (χ0) is 23.4. The van der Waals surface area contributed by atoms with E-state index in [0.717, 1.165) is 11.1 Å². The number of hydrogen-bond donors (Lipinski definition) is 1. The van der Waals surface area contributed by atoms with Crippen molar-refractivity contribution in [3.8, 4) is 11.5 Å². The van der Waals surface area contributed by atoms with Crippen LogP contribution in [0.15, 0.2) is 75.0 Å². The van der Waals surface area contributed by atoms with Crippen molar-refractivity contribution in [1.29, 1.82) is 0 Å². The Labute approximate surface area is 213 Å². The molecule has 0 aliphatic carbocycles. The highest BCUT2D eigenvalue weighted by atomic mass is 79.9. The summed E-state index contributed by atoms with van der Waals surface area (Å²) in [6.07, 6.45) is 1.78. The highest BCUT2D eigenvalue weighted by Crippen LogP contribution is 2.39. The molecule has 1 amide bonds. The average Bonchev–Trinajstić information content (AvgIpc) is 3.12. The van der Waals surface area contributed by atoms with Crippen LogP contribution in [0.5, 0.6) is 11.5 Å². The van der Waals surface area contributed by atoms with Gasteiger partial charge in [-0.3, -0.25) is 4.79 Å². The molecule has 1 saturated heterocycles. The molecule has 0 atom stereocenters. The predicted octanol–water partition coefficient (Wildman–Crippen LogP) is 7.24. The first-order valence-corrected chi connectivity index (χ1v) is 12.1. The van der Waals surface area contributed by atoms with Crippen molar-refractivity contribution in [2.24, 2.45) is 4.99 Å². The molecular weight excluding hydrogens is 547 g/mol. The van der Waals surface area contributed by atoms with E-state index in [1.165, 1.54) is 11.8 Å². The maximum absolute atomic E-state index is 12.4. The molecule has 0 bridgehead atoms. The van der Waals surface area contributed by atoms with Crippen LogP contribution in [0.2, 0.25) is 10.0 Å². The molecule has 1 heterocycles. The number of benzene rings is 3. The topological polar surface area (TPSA) is 59.9 Å². The standard InChI is InChI=1S/C24H17BrCl2N2O3S/c1-31-20-11-15(10-19(25)22(20)32-13-14-3-2-4-17(27)9-14)12-21-23(30)29-24(33-21)28-18-7-5-16(26)6-8-18/h2-12H,13H2,1H3,(H,28,29,30)/b21-12-. The van der Waals surface area contributed by atoms with Crippen LogP contribution in [0.4, 0.5) is 5.69 Å². The number of nitrogens with one attached hydrogen (secondary N) is 1. The molecule has 0 aromatic heterocycles. The number of amidine groups is 1. The Hall–Kier alpha value is -2.45. The highest BCUT2D eigenvalue weighted by molar-refractivity contribution is 9.10. The number of aliphatic imine (C=N–C) groups is 1. The van der Waals surface area contributed by atoms with Gasteiger partial charge < -0.3 is 14.8 Å². The fourth-order valence-corrected chi connectivity index (χ4v) is 4.77. The van der Waals surface area contributed by atoms with Crippen LogP contribution in [-0.2, 0) is 11.4 Å². The highest BCUT2D eigenvalue weighted by Gasteiger charge is 2.24. The van der Waals surface area contributed by atoms with Crippen molar-refractivity contribution in [1.82, 2.24) is 5.32 Å². The van der Waals surface area contributed by atoms with Crippen molar-refractivity contribution in [3.05, 3.63) is 91.2 Å². The Balaban J connectivity index is 1.53. The van der Waals surface area contributed by atoms with Crippen LogP contribution >= 0.6 is 50.9 Å². The van der Waals surface area contributed by atoms with Gasteiger partial charge >= 0.3 is 0 Å². The molecule has 4 rings (SSSR count). The Bertz CT molecular complexity index is 1260. The van der Waals surface area contributed by atoms with Crippen molar-refractivity contribution in [2.45, 2.75) is 6.61 Å². The molecule has 1 fully saturated rings. The summed E-state index contributed by atoms with van der Waals surface area (Å²) in [5.74, 6) is 0.883. The van der Waals surface area contributed by atoms with E-state index < -0.39 is 0 Å². The van der Waals surface area contributed by atoms with Crippen LogP contribution < -0.4 is 14.8 Å². The average molecular weight is 564 g/mol. The number of amides is 1. The van der Waals surface area contributed by atoms with Crippen molar-refractivity contribution in [2.75, 3.05) is 7.11 Å². The summed E-state index contributed by atoms with van der Waals surface area (Å²) in [6.45, 7) is 0.332. The minimum Gasteiger partial charge on any atom is -0.493 e. The Kier molecular flexibility index (Phi) is 7.65. The lowest BCUT2D eigenvalue weighted by Gasteiger charge is -2.14. The van der Waals surface area contributed by atoms with E-state index in [9.17, 15) is 4.79 Å². The van der Waals surface area contributed by atoms with Crippen LogP contribution in [0, 0.1) is 0 Å². The van der Waals surface area contributed by atoms with Gasteiger partial charge in [-0.05, 0) is 93.4 Å². The van der Waals surface area contributed by atoms with Crippen LogP contribution in [0.3, 0.4) is 0 Å². The van der Waals surface area contributed by atoms with Gasteiger partial charge in [0.2, 0.25) is 0 Å². The third kappa shape index (κ3) is 6.12. The maximum atomic E-state index is 12.4. The molecule has 0 spiro atoms. The quantitative estimate of drug-likeness (QED) is 0.321. The number of methoxy groups -OCH3 is 1. The Morgan fingerprint density at radius 2 is 1.88 bits per heavy atom. The van der Waals surface area contributed by atoms with E-state index in [-0.39, 0.29) is 5.91 Å². The molecule has 3 aromatic rings. The minimum atomic E-state index is -0.218. The second kappa shape index (κ2) is 10.7. The van der Waals surface area contributed by atoms with Gasteiger partial charge in [0, 0.05) is 10.0 Å². The summed E-state index contributed by atoms with van der Waals surface area (Å²) >= 11 is 16.8. The molecule has 5 nitrogen and oxygen atoms in total. The van der Waals surface area contributed by atoms with E-state index in [2.05, 4.69) is 26.2 Å². The molecule has 1 aliphatic heterocycles. The van der Waals surface area contributed by atoms with Gasteiger partial charge in [0.15, 0.2) is 16.7 Å². The van der Waals surface area contributed by atoms with Crippen LogP contribution in [-0.4, -0.2) is 18.2 Å². The summed E-state index contributed by atoms with van der Waals surface area (Å²) in [7, 11) is 1.57. The zero-order valence-corrected chi connectivity index (χ0v) is 21.2. The predicted molar refractivity (Wildman–Crippen MR) is 139 cm³/mol. The maximum Gasteiger partial charge on any atom is 0.264 e. The number of thioether (sulfide) groups is 1. The molecule has 168 valence electrons. The lowest BCUT2D eigenvalue weighted by molar-refractivity contribution is -0.115. The molecular formula is C24H17BrCl2N2O3S. The molecule has 0 radical (unpaired) electrons. The number of nitrogens with zero attached hydrogens (tertiary/aromatic N) is 1. The number of rotatable bonds is 6. The molecule has 9 heteroatoms. The number of carbonyl (C=O) groups is 1. The Morgan fingerprint density at radius 3 is 2.61 bits per heavy atom. The van der Waals surface area contributed by atoms with E-state index in [4.69, 9.17) is 32.7 Å². The van der Waals surface area contributed by atoms with E-state index in [1.807, 2.05) is 36.4 Å². The van der Waals surface area contributed by atoms with Crippen molar-refractivity contribution in [3.63, 3.8) is 0 Å². The number of hydrogen-bond acceptors (Lipinski definition) is 5. The van der Waals surface area contributed by atoms with Crippen LogP contribution in [0.25, 0.3) is 6.08 Å². The molecule has 0 saturated carbocycles. The van der Waals surface area contributed by atoms with E-state index in [0.29, 0.717) is 48.4 Å². The molecule has 0 unspecified atom stereocenters. The van der Waals surface area contributed by atoms with E-state index >= 15 is 0 Å². The smallest absolute Gasteiger partial charge is 0.264 e. The van der Waals surface area contributed by atoms with Crippen molar-refractivity contribution < 1.29 is 14.3 Å².